The molecule has 0 saturated carbocycles. The molecule has 150 valence electrons. The number of rotatable bonds is 8. The van der Waals surface area contributed by atoms with E-state index in [1.807, 2.05) is 12.1 Å². The van der Waals surface area contributed by atoms with Crippen LogP contribution in [0.5, 0.6) is 0 Å². The number of carbonyl (C=O) groups is 2. The van der Waals surface area contributed by atoms with Crippen LogP contribution in [0, 0.1) is 21.4 Å². The van der Waals surface area contributed by atoms with Crippen LogP contribution in [-0.2, 0) is 9.53 Å². The fourth-order valence-corrected chi connectivity index (χ4v) is 2.51. The Morgan fingerprint density at radius 1 is 1.28 bits per heavy atom. The quantitative estimate of drug-likeness (QED) is 0.412. The zero-order valence-corrected chi connectivity index (χ0v) is 16.0. The summed E-state index contributed by atoms with van der Waals surface area (Å²) in [6.45, 7) is 1.62. The van der Waals surface area contributed by atoms with Gasteiger partial charge in [-0.05, 0) is 31.2 Å². The number of amides is 1. The third kappa shape index (κ3) is 5.77. The number of nitro benzene ring substituents is 1. The van der Waals surface area contributed by atoms with Crippen LogP contribution in [0.4, 0.5) is 17.1 Å². The smallest absolute Gasteiger partial charge is 0.339 e. The molecule has 0 radical (unpaired) electrons. The monoisotopic (exact) mass is 396 g/mol. The van der Waals surface area contributed by atoms with Crippen LogP contribution in [0.3, 0.4) is 0 Å². The lowest BCUT2D eigenvalue weighted by molar-refractivity contribution is -0.383. The number of esters is 1. The molecule has 1 N–H and O–H groups in total. The van der Waals surface area contributed by atoms with Gasteiger partial charge in [-0.15, -0.1) is 0 Å². The number of anilines is 2. The maximum absolute atomic E-state index is 12.4. The van der Waals surface area contributed by atoms with Crippen LogP contribution in [-0.4, -0.2) is 41.4 Å². The van der Waals surface area contributed by atoms with Crippen molar-refractivity contribution in [3.8, 4) is 6.07 Å². The Hall–Kier alpha value is -3.93. The third-order valence-corrected chi connectivity index (χ3v) is 4.05. The first-order valence-electron chi connectivity index (χ1n) is 8.77. The van der Waals surface area contributed by atoms with Crippen LogP contribution in [0.2, 0.25) is 0 Å². The second-order valence-electron chi connectivity index (χ2n) is 6.20. The van der Waals surface area contributed by atoms with Gasteiger partial charge >= 0.3 is 5.97 Å². The van der Waals surface area contributed by atoms with E-state index in [1.165, 1.54) is 31.0 Å². The number of likely N-dealkylation sites (N-methyl/N-ethyl adjacent to an activating group) is 1. The van der Waals surface area contributed by atoms with E-state index in [4.69, 9.17) is 10.00 Å². The third-order valence-electron chi connectivity index (χ3n) is 4.05. The Balaban J connectivity index is 2.14. The second-order valence-corrected chi connectivity index (χ2v) is 6.20. The number of para-hydroxylation sites is 1. The summed E-state index contributed by atoms with van der Waals surface area (Å²) in [7, 11) is 1.50. The number of carbonyl (C=O) groups excluding carboxylic acids is 2. The van der Waals surface area contributed by atoms with Gasteiger partial charge in [0.1, 0.15) is 5.69 Å². The number of ether oxygens (including phenoxy) is 1. The van der Waals surface area contributed by atoms with E-state index in [2.05, 4.69) is 5.32 Å². The Kier molecular flexibility index (Phi) is 7.26. The van der Waals surface area contributed by atoms with Crippen LogP contribution < -0.4 is 5.32 Å². The maximum atomic E-state index is 12.4. The summed E-state index contributed by atoms with van der Waals surface area (Å²) >= 11 is 0. The van der Waals surface area contributed by atoms with Crippen LogP contribution in [0.25, 0.3) is 0 Å². The standard InChI is InChI=1S/C20H20N4O5/c1-14(19(25)23(2)12-6-11-21)29-20(26)15-9-10-17(18(13-15)24(27)28)22-16-7-4-3-5-8-16/h3-5,7-10,13-14,22H,6,12H2,1-2H3/t14-/m0/s1. The molecule has 0 aromatic heterocycles. The minimum atomic E-state index is -1.09. The maximum Gasteiger partial charge on any atom is 0.339 e. The molecule has 0 aliphatic heterocycles. The van der Waals surface area contributed by atoms with Crippen LogP contribution >= 0.6 is 0 Å². The molecule has 0 aliphatic rings. The van der Waals surface area contributed by atoms with Crippen molar-refractivity contribution in [2.75, 3.05) is 18.9 Å². The number of benzene rings is 2. The van der Waals surface area contributed by atoms with E-state index < -0.39 is 22.9 Å². The molecule has 0 unspecified atom stereocenters. The van der Waals surface area contributed by atoms with Gasteiger partial charge in [-0.2, -0.15) is 5.26 Å². The summed E-state index contributed by atoms with van der Waals surface area (Å²) in [4.78, 5) is 36.6. The zero-order valence-electron chi connectivity index (χ0n) is 16.0. The van der Waals surface area contributed by atoms with Gasteiger partial charge in [-0.25, -0.2) is 4.79 Å². The highest BCUT2D eigenvalue weighted by molar-refractivity contribution is 5.94. The van der Waals surface area contributed by atoms with Gasteiger partial charge in [-0.1, -0.05) is 18.2 Å². The zero-order chi connectivity index (χ0) is 21.4. The summed E-state index contributed by atoms with van der Waals surface area (Å²) in [6.07, 6.45) is -0.933. The lowest BCUT2D eigenvalue weighted by Gasteiger charge is -2.20. The summed E-state index contributed by atoms with van der Waals surface area (Å²) < 4.78 is 5.14. The lowest BCUT2D eigenvalue weighted by atomic mass is 10.1. The number of nitriles is 1. The predicted molar refractivity (Wildman–Crippen MR) is 106 cm³/mol. The van der Waals surface area contributed by atoms with Crippen molar-refractivity contribution in [3.05, 3.63) is 64.2 Å². The molecule has 2 aromatic carbocycles. The van der Waals surface area contributed by atoms with Gasteiger partial charge < -0.3 is 15.0 Å². The molecule has 9 nitrogen and oxygen atoms in total. The minimum absolute atomic E-state index is 0.0466. The highest BCUT2D eigenvalue weighted by Gasteiger charge is 2.24. The summed E-state index contributed by atoms with van der Waals surface area (Å²) in [5, 5.41) is 22.9. The van der Waals surface area contributed by atoms with E-state index in [0.717, 1.165) is 6.07 Å². The Morgan fingerprint density at radius 2 is 1.97 bits per heavy atom. The van der Waals surface area contributed by atoms with Crippen molar-refractivity contribution >= 4 is 28.9 Å². The average molecular weight is 396 g/mol. The van der Waals surface area contributed by atoms with Gasteiger partial charge in [0.15, 0.2) is 6.10 Å². The van der Waals surface area contributed by atoms with Gasteiger partial charge in [0, 0.05) is 25.3 Å². The van der Waals surface area contributed by atoms with Crippen molar-refractivity contribution in [2.24, 2.45) is 0 Å². The summed E-state index contributed by atoms with van der Waals surface area (Å²) in [5.41, 5.74) is 0.534. The second kappa shape index (κ2) is 9.85. The van der Waals surface area contributed by atoms with Gasteiger partial charge in [0.2, 0.25) is 0 Å². The fourth-order valence-electron chi connectivity index (χ4n) is 2.51. The van der Waals surface area contributed by atoms with Crippen LogP contribution in [0.15, 0.2) is 48.5 Å². The van der Waals surface area contributed by atoms with E-state index in [-0.39, 0.29) is 29.9 Å². The highest BCUT2D eigenvalue weighted by atomic mass is 16.6. The van der Waals surface area contributed by atoms with Crippen molar-refractivity contribution in [1.82, 2.24) is 4.90 Å². The molecular weight excluding hydrogens is 376 g/mol. The first-order chi connectivity index (χ1) is 13.8. The lowest BCUT2D eigenvalue weighted by Crippen LogP contribution is -2.37. The van der Waals surface area contributed by atoms with Gasteiger partial charge in [0.25, 0.3) is 11.6 Å². The van der Waals surface area contributed by atoms with E-state index >= 15 is 0 Å². The molecule has 2 rings (SSSR count). The number of hydrogen-bond acceptors (Lipinski definition) is 7. The Bertz CT molecular complexity index is 940. The fraction of sp³-hybridized carbons (Fsp3) is 0.250. The topological polar surface area (TPSA) is 126 Å². The van der Waals surface area contributed by atoms with Crippen molar-refractivity contribution < 1.29 is 19.2 Å². The van der Waals surface area contributed by atoms with E-state index in [1.54, 1.807) is 24.3 Å². The average Bonchev–Trinajstić information content (AvgIpc) is 2.72. The number of nitrogens with one attached hydrogen (secondary N) is 1. The van der Waals surface area contributed by atoms with Crippen molar-refractivity contribution in [3.63, 3.8) is 0 Å². The molecule has 0 bridgehead atoms. The van der Waals surface area contributed by atoms with Crippen molar-refractivity contribution in [1.29, 1.82) is 5.26 Å². The van der Waals surface area contributed by atoms with Crippen LogP contribution in [0.1, 0.15) is 23.7 Å². The highest BCUT2D eigenvalue weighted by Crippen LogP contribution is 2.29. The van der Waals surface area contributed by atoms with Crippen molar-refractivity contribution in [2.45, 2.75) is 19.4 Å². The SMILES string of the molecule is C[C@H](OC(=O)c1ccc(Nc2ccccc2)c([N+](=O)[O-])c1)C(=O)N(C)CCC#N. The predicted octanol–water partition coefficient (Wildman–Crippen LogP) is 3.26. The minimum Gasteiger partial charge on any atom is -0.449 e. The molecule has 29 heavy (non-hydrogen) atoms. The normalized spacial score (nSPS) is 11.1. The number of hydrogen-bond donors (Lipinski definition) is 1. The Labute approximate surface area is 167 Å². The first kappa shape index (κ1) is 21.4. The molecule has 1 amide bonds. The molecule has 0 spiro atoms. The molecule has 9 heteroatoms. The van der Waals surface area contributed by atoms with E-state index in [9.17, 15) is 19.7 Å². The molecular formula is C20H20N4O5. The molecule has 0 saturated heterocycles. The molecule has 0 fully saturated rings. The van der Waals surface area contributed by atoms with Gasteiger partial charge in [-0.3, -0.25) is 14.9 Å². The van der Waals surface area contributed by atoms with E-state index in [0.29, 0.717) is 5.69 Å². The Morgan fingerprint density at radius 3 is 2.59 bits per heavy atom. The largest absolute Gasteiger partial charge is 0.449 e. The number of nitrogens with zero attached hydrogens (tertiary/aromatic N) is 3. The first-order valence-corrected chi connectivity index (χ1v) is 8.77. The molecule has 1 atom stereocenters. The summed E-state index contributed by atoms with van der Waals surface area (Å²) in [5.74, 6) is -1.32. The summed E-state index contributed by atoms with van der Waals surface area (Å²) in [6, 6.07) is 14.7. The molecule has 0 heterocycles. The molecule has 2 aromatic rings. The molecule has 0 aliphatic carbocycles. The van der Waals surface area contributed by atoms with Gasteiger partial charge in [0.05, 0.1) is 23.0 Å². The number of nitro groups is 1.